The van der Waals surface area contributed by atoms with Gasteiger partial charge in [-0.05, 0) is 6.42 Å². The number of hydrogen-bond acceptors (Lipinski definition) is 4. The predicted octanol–water partition coefficient (Wildman–Crippen LogP) is 2.23. The van der Waals surface area contributed by atoms with Crippen molar-refractivity contribution in [1.82, 2.24) is 0 Å². The maximum atomic E-state index is 11.2. The lowest BCUT2D eigenvalue weighted by atomic mass is 10.2. The first-order chi connectivity index (χ1) is 6.68. The second-order valence-corrected chi connectivity index (χ2v) is 3.84. The summed E-state index contributed by atoms with van der Waals surface area (Å²) in [6.07, 6.45) is 4.72. The van der Waals surface area contributed by atoms with Gasteiger partial charge in [-0.15, -0.1) is 0 Å². The lowest BCUT2D eigenvalue weighted by Crippen LogP contribution is -2.21. The molecule has 3 nitrogen and oxygen atoms in total. The van der Waals surface area contributed by atoms with Gasteiger partial charge in [-0.25, -0.2) is 0 Å². The van der Waals surface area contributed by atoms with E-state index in [-0.39, 0.29) is 9.94 Å². The van der Waals surface area contributed by atoms with Crippen LogP contribution in [-0.2, 0) is 0 Å². The quantitative estimate of drug-likeness (QED) is 0.561. The van der Waals surface area contributed by atoms with Crippen molar-refractivity contribution >= 4 is 23.6 Å². The number of rotatable bonds is 6. The molecular formula is C10H16N2OS. The smallest absolute Gasteiger partial charge is 0.223 e. The van der Waals surface area contributed by atoms with Crippen LogP contribution >= 0.6 is 12.2 Å². The van der Waals surface area contributed by atoms with Crippen LogP contribution in [0.2, 0.25) is 0 Å². The molecule has 1 aromatic carbocycles. The van der Waals surface area contributed by atoms with Gasteiger partial charge in [0.2, 0.25) is 5.43 Å². The Hall–Kier alpha value is -0.900. The fraction of sp³-hybridized carbons (Fsp3) is 0.600. The molecule has 0 atom stereocenters. The van der Waals surface area contributed by atoms with Gasteiger partial charge in [0.15, 0.2) is 0 Å². The Morgan fingerprint density at radius 3 is 2.64 bits per heavy atom. The van der Waals surface area contributed by atoms with Gasteiger partial charge in [0, 0.05) is 6.54 Å². The van der Waals surface area contributed by atoms with Gasteiger partial charge in [0.05, 0.1) is 5.69 Å². The highest BCUT2D eigenvalue weighted by atomic mass is 32.1. The number of anilines is 2. The highest BCUT2D eigenvalue weighted by Crippen LogP contribution is 2.18. The van der Waals surface area contributed by atoms with Gasteiger partial charge in [-0.1, -0.05) is 38.4 Å². The first kappa shape index (κ1) is 11.2. The average Bonchev–Trinajstić information content (AvgIpc) is 2.22. The first-order valence-electron chi connectivity index (χ1n) is 5.01. The average molecular weight is 212 g/mol. The molecule has 0 aliphatic carbocycles. The summed E-state index contributed by atoms with van der Waals surface area (Å²) in [6.45, 7) is 2.98. The molecule has 0 amide bonds. The van der Waals surface area contributed by atoms with E-state index < -0.39 is 0 Å². The van der Waals surface area contributed by atoms with Crippen LogP contribution in [0.1, 0.15) is 32.6 Å². The molecule has 1 aromatic rings. The van der Waals surface area contributed by atoms with Crippen LogP contribution < -0.4 is 16.5 Å². The second-order valence-electron chi connectivity index (χ2n) is 3.43. The van der Waals surface area contributed by atoms with Crippen molar-refractivity contribution in [3.8, 4) is 0 Å². The van der Waals surface area contributed by atoms with Crippen molar-refractivity contribution in [2.45, 2.75) is 32.6 Å². The fourth-order valence-electron chi connectivity index (χ4n) is 1.35. The Morgan fingerprint density at radius 1 is 1.36 bits per heavy atom. The van der Waals surface area contributed by atoms with Crippen LogP contribution in [0.5, 0.6) is 0 Å². The summed E-state index contributed by atoms with van der Waals surface area (Å²) in [5, 5.41) is 3.03. The molecule has 0 radical (unpaired) electrons. The Labute approximate surface area is 89.0 Å². The third kappa shape index (κ3) is 2.32. The van der Waals surface area contributed by atoms with Gasteiger partial charge < -0.3 is 11.1 Å². The third-order valence-corrected chi connectivity index (χ3v) is 2.68. The zero-order valence-corrected chi connectivity index (χ0v) is 9.25. The zero-order valence-electron chi connectivity index (χ0n) is 8.43. The molecule has 0 spiro atoms. The van der Waals surface area contributed by atoms with Crippen molar-refractivity contribution in [1.29, 1.82) is 0 Å². The summed E-state index contributed by atoms with van der Waals surface area (Å²) in [5.41, 5.74) is 6.43. The molecule has 78 valence electrons. The summed E-state index contributed by atoms with van der Waals surface area (Å²) in [5.74, 6) is 0. The Bertz CT molecular complexity index is 366. The Kier molecular flexibility index (Phi) is 4.07. The van der Waals surface area contributed by atoms with Crippen LogP contribution in [0.15, 0.2) is 4.79 Å². The largest absolute Gasteiger partial charge is 0.396 e. The summed E-state index contributed by atoms with van der Waals surface area (Å²) in [4.78, 5) is 11.2. The number of unbranched alkanes of at least 4 members (excludes halogenated alkanes) is 3. The normalized spacial score (nSPS) is 10.6. The summed E-state index contributed by atoms with van der Waals surface area (Å²) < 4.78 is 0.279. The number of nitrogens with one attached hydrogen (secondary N) is 1. The molecule has 0 aliphatic rings. The molecular weight excluding hydrogens is 196 g/mol. The van der Waals surface area contributed by atoms with Crippen molar-refractivity contribution in [2.24, 2.45) is 0 Å². The van der Waals surface area contributed by atoms with E-state index in [0.29, 0.717) is 11.4 Å². The highest BCUT2D eigenvalue weighted by Gasteiger charge is 2.13. The lowest BCUT2D eigenvalue weighted by molar-refractivity contribution is 0.685. The maximum Gasteiger partial charge on any atom is 0.223 e. The molecule has 0 unspecified atom stereocenters. The topological polar surface area (TPSA) is 55.1 Å². The molecule has 0 saturated carbocycles. The van der Waals surface area contributed by atoms with E-state index in [2.05, 4.69) is 12.2 Å². The molecule has 1 rings (SSSR count). The van der Waals surface area contributed by atoms with Gasteiger partial charge in [0.1, 0.15) is 10.2 Å². The molecule has 0 heterocycles. The van der Waals surface area contributed by atoms with E-state index in [0.717, 1.165) is 13.0 Å². The van der Waals surface area contributed by atoms with Crippen LogP contribution in [0, 0.1) is 4.51 Å². The minimum absolute atomic E-state index is 0.104. The summed E-state index contributed by atoms with van der Waals surface area (Å²) in [6, 6.07) is 0. The number of nitrogens with two attached hydrogens (primary N) is 1. The lowest BCUT2D eigenvalue weighted by Gasteiger charge is -2.10. The van der Waals surface area contributed by atoms with Crippen LogP contribution in [0.4, 0.5) is 11.4 Å². The third-order valence-electron chi connectivity index (χ3n) is 2.28. The monoisotopic (exact) mass is 212 g/mol. The molecule has 0 aromatic heterocycles. The standard InChI is InChI=1S/C10H16N2OS/c1-2-3-4-5-6-12-8-7(11)10(14)9(8)13/h12H,2-6,11H2,1H3. The molecule has 0 fully saturated rings. The molecule has 14 heavy (non-hydrogen) atoms. The van der Waals surface area contributed by atoms with Crippen molar-refractivity contribution in [3.05, 3.63) is 14.7 Å². The SMILES string of the molecule is CCCCCCNc1c(N)c(=S)c1=O. The van der Waals surface area contributed by atoms with E-state index in [1.807, 2.05) is 0 Å². The zero-order chi connectivity index (χ0) is 10.6. The van der Waals surface area contributed by atoms with E-state index in [4.69, 9.17) is 18.0 Å². The van der Waals surface area contributed by atoms with Crippen LogP contribution in [0.3, 0.4) is 0 Å². The molecule has 0 saturated heterocycles. The van der Waals surface area contributed by atoms with Gasteiger partial charge in [-0.2, -0.15) is 0 Å². The summed E-state index contributed by atoms with van der Waals surface area (Å²) in [7, 11) is 0. The minimum Gasteiger partial charge on any atom is -0.396 e. The van der Waals surface area contributed by atoms with Crippen molar-refractivity contribution in [3.63, 3.8) is 0 Å². The van der Waals surface area contributed by atoms with Gasteiger partial charge >= 0.3 is 0 Å². The van der Waals surface area contributed by atoms with E-state index in [1.54, 1.807) is 0 Å². The highest BCUT2D eigenvalue weighted by molar-refractivity contribution is 7.71. The van der Waals surface area contributed by atoms with E-state index >= 15 is 0 Å². The van der Waals surface area contributed by atoms with Gasteiger partial charge in [-0.3, -0.25) is 4.79 Å². The van der Waals surface area contributed by atoms with Crippen LogP contribution in [-0.4, -0.2) is 6.54 Å². The van der Waals surface area contributed by atoms with Crippen molar-refractivity contribution in [2.75, 3.05) is 17.6 Å². The minimum atomic E-state index is -0.104. The van der Waals surface area contributed by atoms with E-state index in [1.165, 1.54) is 19.3 Å². The maximum absolute atomic E-state index is 11.2. The number of hydrogen-bond donors (Lipinski definition) is 2. The predicted molar refractivity (Wildman–Crippen MR) is 63.0 cm³/mol. The summed E-state index contributed by atoms with van der Waals surface area (Å²) >= 11 is 4.75. The number of nitrogen functional groups attached to an aromatic ring is 1. The van der Waals surface area contributed by atoms with Crippen LogP contribution in [0.25, 0.3) is 0 Å². The van der Waals surface area contributed by atoms with Gasteiger partial charge in [0.25, 0.3) is 0 Å². The molecule has 3 N–H and O–H groups in total. The van der Waals surface area contributed by atoms with E-state index in [9.17, 15) is 4.79 Å². The fourth-order valence-corrected chi connectivity index (χ4v) is 1.55. The molecule has 0 bridgehead atoms. The molecule has 4 heteroatoms. The molecule has 0 aliphatic heterocycles. The second kappa shape index (κ2) is 5.10. The Morgan fingerprint density at radius 2 is 2.07 bits per heavy atom. The first-order valence-corrected chi connectivity index (χ1v) is 5.42. The van der Waals surface area contributed by atoms with Crippen molar-refractivity contribution < 1.29 is 0 Å². The Balaban J connectivity index is 2.27.